The minimum atomic E-state index is -0.315. The third-order valence-corrected chi connectivity index (χ3v) is 3.54. The lowest BCUT2D eigenvalue weighted by Crippen LogP contribution is -2.25. The molecule has 2 unspecified atom stereocenters. The molecule has 3 rings (SSSR count). The molecular weight excluding hydrogens is 243 g/mol. The molecule has 98 valence electrons. The Bertz CT molecular complexity index is 588. The molecule has 0 bridgehead atoms. The Kier molecular flexibility index (Phi) is 3.17. The molecule has 0 radical (unpaired) electrons. The van der Waals surface area contributed by atoms with Crippen LogP contribution >= 0.6 is 0 Å². The van der Waals surface area contributed by atoms with Gasteiger partial charge in [-0.1, -0.05) is 18.2 Å². The lowest BCUT2D eigenvalue weighted by Gasteiger charge is -2.22. The predicted octanol–water partition coefficient (Wildman–Crippen LogP) is 2.66. The van der Waals surface area contributed by atoms with Gasteiger partial charge in [-0.05, 0) is 24.7 Å². The fourth-order valence-corrected chi connectivity index (χ4v) is 2.66. The van der Waals surface area contributed by atoms with E-state index in [0.717, 1.165) is 16.9 Å². The third-order valence-electron chi connectivity index (χ3n) is 3.54. The molecule has 0 amide bonds. The number of para-hydroxylation sites is 1. The first kappa shape index (κ1) is 12.1. The number of aromatic nitrogens is 1. The number of halogens is 1. The van der Waals surface area contributed by atoms with Gasteiger partial charge in [-0.2, -0.15) is 0 Å². The highest BCUT2D eigenvalue weighted by molar-refractivity contribution is 5.41. The van der Waals surface area contributed by atoms with Gasteiger partial charge in [0.05, 0.1) is 12.8 Å². The number of rotatable bonds is 3. The second-order valence-corrected chi connectivity index (χ2v) is 4.66. The van der Waals surface area contributed by atoms with Crippen molar-refractivity contribution >= 4 is 0 Å². The van der Waals surface area contributed by atoms with Crippen molar-refractivity contribution in [3.63, 3.8) is 0 Å². The van der Waals surface area contributed by atoms with Crippen LogP contribution in [-0.2, 0) is 0 Å². The zero-order valence-corrected chi connectivity index (χ0v) is 10.6. The number of nitrogens with zero attached hydrogens (tertiary/aromatic N) is 1. The van der Waals surface area contributed by atoms with Crippen LogP contribution < -0.4 is 10.1 Å². The second kappa shape index (κ2) is 4.97. The minimum absolute atomic E-state index is 0.00755. The maximum atomic E-state index is 13.3. The number of benzene rings is 1. The summed E-state index contributed by atoms with van der Waals surface area (Å²) >= 11 is 0. The molecule has 1 N–H and O–H groups in total. The number of pyridine rings is 1. The lowest BCUT2D eigenvalue weighted by atomic mass is 9.89. The smallest absolute Gasteiger partial charge is 0.141 e. The fraction of sp³-hybridized carbons (Fsp3) is 0.267. The molecule has 1 aliphatic heterocycles. The maximum Gasteiger partial charge on any atom is 0.141 e. The second-order valence-electron chi connectivity index (χ2n) is 4.66. The van der Waals surface area contributed by atoms with E-state index in [9.17, 15) is 4.39 Å². The first-order chi connectivity index (χ1) is 9.29. The summed E-state index contributed by atoms with van der Waals surface area (Å²) in [7, 11) is 1.87. The van der Waals surface area contributed by atoms with Crippen molar-refractivity contribution in [2.24, 2.45) is 0 Å². The van der Waals surface area contributed by atoms with Crippen LogP contribution in [0.1, 0.15) is 23.1 Å². The van der Waals surface area contributed by atoms with Crippen LogP contribution in [0.25, 0.3) is 0 Å². The standard InChI is InChI=1S/C15H15FN2O/c1-17-15(10-6-11(16)8-18-7-10)13-9-19-14-5-3-2-4-12(13)14/h2-8,13,15,17H,9H2,1H3. The maximum absolute atomic E-state index is 13.3. The van der Waals surface area contributed by atoms with Gasteiger partial charge in [0.15, 0.2) is 0 Å². The number of nitrogens with one attached hydrogen (secondary N) is 1. The summed E-state index contributed by atoms with van der Waals surface area (Å²) in [4.78, 5) is 3.92. The zero-order valence-electron chi connectivity index (χ0n) is 10.6. The van der Waals surface area contributed by atoms with Gasteiger partial charge in [-0.3, -0.25) is 4.98 Å². The molecule has 0 spiro atoms. The van der Waals surface area contributed by atoms with Crippen molar-refractivity contribution in [2.75, 3.05) is 13.7 Å². The molecule has 2 heterocycles. The molecule has 0 saturated carbocycles. The van der Waals surface area contributed by atoms with E-state index in [2.05, 4.69) is 16.4 Å². The van der Waals surface area contributed by atoms with Gasteiger partial charge in [0.1, 0.15) is 11.6 Å². The van der Waals surface area contributed by atoms with E-state index in [1.54, 1.807) is 6.20 Å². The summed E-state index contributed by atoms with van der Waals surface area (Å²) < 4.78 is 19.0. The van der Waals surface area contributed by atoms with Gasteiger partial charge >= 0.3 is 0 Å². The van der Waals surface area contributed by atoms with Gasteiger partial charge in [0, 0.05) is 23.7 Å². The van der Waals surface area contributed by atoms with E-state index in [0.29, 0.717) is 6.61 Å². The number of fused-ring (bicyclic) bond motifs is 1. The van der Waals surface area contributed by atoms with Gasteiger partial charge in [0.25, 0.3) is 0 Å². The number of hydrogen-bond acceptors (Lipinski definition) is 3. The van der Waals surface area contributed by atoms with Crippen molar-refractivity contribution in [3.8, 4) is 5.75 Å². The van der Waals surface area contributed by atoms with Crippen molar-refractivity contribution in [3.05, 3.63) is 59.7 Å². The summed E-state index contributed by atoms with van der Waals surface area (Å²) in [5.41, 5.74) is 2.00. The molecule has 2 atom stereocenters. The summed E-state index contributed by atoms with van der Waals surface area (Å²) in [6, 6.07) is 9.49. The Morgan fingerprint density at radius 3 is 3.00 bits per heavy atom. The Morgan fingerprint density at radius 2 is 2.21 bits per heavy atom. The zero-order chi connectivity index (χ0) is 13.2. The molecular formula is C15H15FN2O. The average molecular weight is 258 g/mol. The van der Waals surface area contributed by atoms with Crippen molar-refractivity contribution in [1.82, 2.24) is 10.3 Å². The van der Waals surface area contributed by atoms with E-state index in [1.165, 1.54) is 12.3 Å². The van der Waals surface area contributed by atoms with Crippen molar-refractivity contribution in [1.29, 1.82) is 0 Å². The molecule has 1 aromatic carbocycles. The van der Waals surface area contributed by atoms with Gasteiger partial charge in [0.2, 0.25) is 0 Å². The van der Waals surface area contributed by atoms with Crippen molar-refractivity contribution < 1.29 is 9.13 Å². The van der Waals surface area contributed by atoms with Crippen LogP contribution in [-0.4, -0.2) is 18.6 Å². The first-order valence-corrected chi connectivity index (χ1v) is 6.29. The van der Waals surface area contributed by atoms with Crippen LogP contribution in [0.2, 0.25) is 0 Å². The number of likely N-dealkylation sites (N-methyl/N-ethyl adjacent to an activating group) is 1. The van der Waals surface area contributed by atoms with Crippen LogP contribution in [0, 0.1) is 5.82 Å². The Morgan fingerprint density at radius 1 is 1.37 bits per heavy atom. The van der Waals surface area contributed by atoms with Gasteiger partial charge in [-0.15, -0.1) is 0 Å². The van der Waals surface area contributed by atoms with Crippen LogP contribution in [0.15, 0.2) is 42.7 Å². The number of ether oxygens (including phenoxy) is 1. The van der Waals surface area contributed by atoms with Crippen LogP contribution in [0.4, 0.5) is 4.39 Å². The summed E-state index contributed by atoms with van der Waals surface area (Å²) in [5.74, 6) is 0.770. The largest absolute Gasteiger partial charge is 0.493 e. The molecule has 19 heavy (non-hydrogen) atoms. The average Bonchev–Trinajstić information content (AvgIpc) is 2.84. The Hall–Kier alpha value is -1.94. The van der Waals surface area contributed by atoms with Crippen LogP contribution in [0.5, 0.6) is 5.75 Å². The molecule has 1 aromatic heterocycles. The SMILES string of the molecule is CNC(c1cncc(F)c1)C1COc2ccccc21. The molecule has 0 fully saturated rings. The molecule has 3 nitrogen and oxygen atoms in total. The van der Waals surface area contributed by atoms with E-state index < -0.39 is 0 Å². The predicted molar refractivity (Wildman–Crippen MR) is 70.7 cm³/mol. The van der Waals surface area contributed by atoms with Gasteiger partial charge < -0.3 is 10.1 Å². The van der Waals surface area contributed by atoms with E-state index in [4.69, 9.17) is 4.74 Å². The van der Waals surface area contributed by atoms with E-state index >= 15 is 0 Å². The highest BCUT2D eigenvalue weighted by Crippen LogP contribution is 2.40. The number of hydrogen-bond donors (Lipinski definition) is 1. The lowest BCUT2D eigenvalue weighted by molar-refractivity contribution is 0.304. The molecule has 1 aliphatic rings. The topological polar surface area (TPSA) is 34.2 Å². The highest BCUT2D eigenvalue weighted by atomic mass is 19.1. The minimum Gasteiger partial charge on any atom is -0.493 e. The van der Waals surface area contributed by atoms with E-state index in [1.807, 2.05) is 25.2 Å². The van der Waals surface area contributed by atoms with Crippen LogP contribution in [0.3, 0.4) is 0 Å². The fourth-order valence-electron chi connectivity index (χ4n) is 2.66. The molecule has 0 aliphatic carbocycles. The molecule has 0 saturated heterocycles. The monoisotopic (exact) mass is 258 g/mol. The summed E-state index contributed by atoms with van der Waals surface area (Å²) in [6.07, 6.45) is 2.92. The Balaban J connectivity index is 1.96. The first-order valence-electron chi connectivity index (χ1n) is 6.29. The third kappa shape index (κ3) is 2.19. The molecule has 4 heteroatoms. The quantitative estimate of drug-likeness (QED) is 0.919. The highest BCUT2D eigenvalue weighted by Gasteiger charge is 2.31. The molecule has 2 aromatic rings. The van der Waals surface area contributed by atoms with Crippen molar-refractivity contribution in [2.45, 2.75) is 12.0 Å². The summed E-state index contributed by atoms with van der Waals surface area (Å²) in [5, 5.41) is 3.24. The van der Waals surface area contributed by atoms with Gasteiger partial charge in [-0.25, -0.2) is 4.39 Å². The summed E-state index contributed by atoms with van der Waals surface area (Å²) in [6.45, 7) is 0.599. The normalized spacial score (nSPS) is 18.7. The van der Waals surface area contributed by atoms with E-state index in [-0.39, 0.29) is 17.8 Å². The Labute approximate surface area is 111 Å².